The van der Waals surface area contributed by atoms with Crippen molar-refractivity contribution in [3.63, 3.8) is 0 Å². The Hall–Kier alpha value is -1.27. The number of ether oxygens (including phenoxy) is 2. The van der Waals surface area contributed by atoms with Crippen LogP contribution in [0.4, 0.5) is 10.7 Å². The fourth-order valence-corrected chi connectivity index (χ4v) is 3.30. The number of rotatable bonds is 8. The van der Waals surface area contributed by atoms with Crippen LogP contribution in [0.1, 0.15) is 54.8 Å². The van der Waals surface area contributed by atoms with Gasteiger partial charge in [0.15, 0.2) is 0 Å². The van der Waals surface area contributed by atoms with E-state index in [1.54, 1.807) is 6.92 Å². The van der Waals surface area contributed by atoms with E-state index in [2.05, 4.69) is 5.32 Å². The number of nitrogens with one attached hydrogen (secondary N) is 1. The highest BCUT2D eigenvalue weighted by Crippen LogP contribution is 2.50. The molecule has 3 N–H and O–H groups in total. The first-order valence-corrected chi connectivity index (χ1v) is 8.31. The van der Waals surface area contributed by atoms with Gasteiger partial charge in [0.05, 0.1) is 30.0 Å². The Labute approximate surface area is 129 Å². The Balaban J connectivity index is 2.08. The van der Waals surface area contributed by atoms with Crippen molar-refractivity contribution in [1.82, 2.24) is 0 Å². The van der Waals surface area contributed by atoms with Crippen LogP contribution in [0.3, 0.4) is 0 Å². The van der Waals surface area contributed by atoms with E-state index in [1.165, 1.54) is 11.3 Å². The molecule has 1 fully saturated rings. The third kappa shape index (κ3) is 4.11. The van der Waals surface area contributed by atoms with Crippen molar-refractivity contribution in [2.24, 2.45) is 0 Å². The molecule has 0 unspecified atom stereocenters. The molecule has 0 spiro atoms. The number of esters is 1. The maximum Gasteiger partial charge on any atom is 0.350 e. The Bertz CT molecular complexity index is 495. The molecule has 0 saturated heterocycles. The number of carbonyl (C=O) groups is 1. The average molecular weight is 312 g/mol. The smallest absolute Gasteiger partial charge is 0.350 e. The molecule has 1 saturated carbocycles. The average Bonchev–Trinajstić information content (AvgIpc) is 3.19. The largest absolute Gasteiger partial charge is 0.462 e. The zero-order valence-corrected chi connectivity index (χ0v) is 13.7. The van der Waals surface area contributed by atoms with Crippen molar-refractivity contribution < 1.29 is 14.3 Å². The van der Waals surface area contributed by atoms with Crippen molar-refractivity contribution in [3.05, 3.63) is 10.4 Å². The molecule has 1 aromatic rings. The first-order chi connectivity index (χ1) is 10.0. The molecule has 0 aromatic carbocycles. The molecule has 2 rings (SSSR count). The highest BCUT2D eigenvalue weighted by Gasteiger charge is 2.33. The van der Waals surface area contributed by atoms with Gasteiger partial charge >= 0.3 is 5.97 Å². The zero-order chi connectivity index (χ0) is 15.4. The second-order valence-electron chi connectivity index (χ2n) is 5.43. The summed E-state index contributed by atoms with van der Waals surface area (Å²) in [5, 5.41) is 4.35. The normalized spacial score (nSPS) is 14.5. The van der Waals surface area contributed by atoms with Gasteiger partial charge in [-0.2, -0.15) is 0 Å². The van der Waals surface area contributed by atoms with E-state index in [-0.39, 0.29) is 12.1 Å². The minimum Gasteiger partial charge on any atom is -0.462 e. The standard InChI is InChI=1S/C15H24N2O3S/c1-4-19-15(18)13-12(16)11(10-5-6-10)14(21-13)17-7-8-20-9(2)3/h9-10,17H,4-8,16H2,1-3H3. The van der Waals surface area contributed by atoms with Crippen LogP contribution in [-0.4, -0.2) is 31.8 Å². The lowest BCUT2D eigenvalue weighted by Crippen LogP contribution is -2.13. The highest BCUT2D eigenvalue weighted by molar-refractivity contribution is 7.18. The van der Waals surface area contributed by atoms with Gasteiger partial charge in [-0.3, -0.25) is 0 Å². The summed E-state index contributed by atoms with van der Waals surface area (Å²) in [7, 11) is 0. The van der Waals surface area contributed by atoms with Crippen LogP contribution in [0.15, 0.2) is 0 Å². The number of hydrogen-bond donors (Lipinski definition) is 2. The lowest BCUT2D eigenvalue weighted by atomic mass is 10.1. The monoisotopic (exact) mass is 312 g/mol. The summed E-state index contributed by atoms with van der Waals surface area (Å²) in [5.74, 6) is 0.159. The lowest BCUT2D eigenvalue weighted by molar-refractivity contribution is 0.0533. The van der Waals surface area contributed by atoms with Crippen molar-refractivity contribution in [1.29, 1.82) is 0 Å². The van der Waals surface area contributed by atoms with E-state index in [1.807, 2.05) is 13.8 Å². The van der Waals surface area contributed by atoms with Crippen LogP contribution in [0.2, 0.25) is 0 Å². The van der Waals surface area contributed by atoms with Crippen LogP contribution < -0.4 is 11.1 Å². The van der Waals surface area contributed by atoms with Gasteiger partial charge in [-0.15, -0.1) is 11.3 Å². The molecular weight excluding hydrogens is 288 g/mol. The number of thiophene rings is 1. The van der Waals surface area contributed by atoms with Gasteiger partial charge < -0.3 is 20.5 Å². The number of carbonyl (C=O) groups excluding carboxylic acids is 1. The van der Waals surface area contributed by atoms with E-state index < -0.39 is 0 Å². The van der Waals surface area contributed by atoms with E-state index in [9.17, 15) is 4.79 Å². The molecule has 1 aromatic heterocycles. The van der Waals surface area contributed by atoms with Gasteiger partial charge in [0, 0.05) is 12.1 Å². The first kappa shape index (κ1) is 16.1. The summed E-state index contributed by atoms with van der Waals surface area (Å²) < 4.78 is 10.6. The Morgan fingerprint density at radius 3 is 2.76 bits per heavy atom. The molecule has 5 nitrogen and oxygen atoms in total. The summed E-state index contributed by atoms with van der Waals surface area (Å²) in [6.45, 7) is 7.52. The van der Waals surface area contributed by atoms with E-state index in [0.29, 0.717) is 36.2 Å². The summed E-state index contributed by atoms with van der Waals surface area (Å²) in [6, 6.07) is 0. The quantitative estimate of drug-likeness (QED) is 0.569. The van der Waals surface area contributed by atoms with E-state index >= 15 is 0 Å². The first-order valence-electron chi connectivity index (χ1n) is 7.49. The zero-order valence-electron chi connectivity index (χ0n) is 12.9. The fraction of sp³-hybridized carbons (Fsp3) is 0.667. The highest BCUT2D eigenvalue weighted by atomic mass is 32.1. The molecule has 0 radical (unpaired) electrons. The van der Waals surface area contributed by atoms with Crippen LogP contribution >= 0.6 is 11.3 Å². The molecule has 0 aliphatic heterocycles. The van der Waals surface area contributed by atoms with Crippen LogP contribution in [0.5, 0.6) is 0 Å². The molecule has 118 valence electrons. The minimum absolute atomic E-state index is 0.221. The number of nitrogens with two attached hydrogens (primary N) is 1. The van der Waals surface area contributed by atoms with Crippen LogP contribution in [0.25, 0.3) is 0 Å². The minimum atomic E-state index is -0.326. The van der Waals surface area contributed by atoms with Crippen LogP contribution in [0, 0.1) is 0 Å². The van der Waals surface area contributed by atoms with Crippen molar-refractivity contribution in [2.45, 2.75) is 45.6 Å². The van der Waals surface area contributed by atoms with Gasteiger partial charge in [0.1, 0.15) is 4.88 Å². The molecule has 6 heteroatoms. The molecule has 21 heavy (non-hydrogen) atoms. The second-order valence-corrected chi connectivity index (χ2v) is 6.45. The van der Waals surface area contributed by atoms with Gasteiger partial charge in [0.25, 0.3) is 0 Å². The maximum absolute atomic E-state index is 11.9. The molecule has 1 heterocycles. The van der Waals surface area contributed by atoms with Gasteiger partial charge in [-0.05, 0) is 39.5 Å². The number of nitrogen functional groups attached to an aromatic ring is 1. The van der Waals surface area contributed by atoms with Crippen molar-refractivity contribution in [3.8, 4) is 0 Å². The summed E-state index contributed by atoms with van der Waals surface area (Å²) >= 11 is 1.40. The van der Waals surface area contributed by atoms with Crippen molar-refractivity contribution in [2.75, 3.05) is 30.8 Å². The third-order valence-electron chi connectivity index (χ3n) is 3.27. The lowest BCUT2D eigenvalue weighted by Gasteiger charge is -2.10. The predicted molar refractivity (Wildman–Crippen MR) is 86.2 cm³/mol. The van der Waals surface area contributed by atoms with Gasteiger partial charge in [0.2, 0.25) is 0 Å². The Morgan fingerprint density at radius 2 is 2.19 bits per heavy atom. The second kappa shape index (κ2) is 7.13. The van der Waals surface area contributed by atoms with E-state index in [0.717, 1.165) is 23.4 Å². The topological polar surface area (TPSA) is 73.6 Å². The molecular formula is C15H24N2O3S. The predicted octanol–water partition coefficient (Wildman–Crippen LogP) is 3.22. The van der Waals surface area contributed by atoms with Crippen LogP contribution in [-0.2, 0) is 9.47 Å². The third-order valence-corrected chi connectivity index (χ3v) is 4.43. The Morgan fingerprint density at radius 1 is 1.48 bits per heavy atom. The fourth-order valence-electron chi connectivity index (χ4n) is 2.17. The SMILES string of the molecule is CCOC(=O)c1sc(NCCOC(C)C)c(C2CC2)c1N. The van der Waals surface area contributed by atoms with Gasteiger partial charge in [-0.1, -0.05) is 0 Å². The summed E-state index contributed by atoms with van der Waals surface area (Å²) in [6.07, 6.45) is 2.50. The number of anilines is 2. The number of hydrogen-bond acceptors (Lipinski definition) is 6. The summed E-state index contributed by atoms with van der Waals surface area (Å²) in [5.41, 5.74) is 7.85. The van der Waals surface area contributed by atoms with Gasteiger partial charge in [-0.25, -0.2) is 4.79 Å². The summed E-state index contributed by atoms with van der Waals surface area (Å²) in [4.78, 5) is 12.5. The molecule has 1 aliphatic rings. The molecule has 1 aliphatic carbocycles. The Kier molecular flexibility index (Phi) is 5.47. The van der Waals surface area contributed by atoms with E-state index in [4.69, 9.17) is 15.2 Å². The molecule has 0 atom stereocenters. The maximum atomic E-state index is 11.9. The molecule has 0 amide bonds. The van der Waals surface area contributed by atoms with Crippen molar-refractivity contribution >= 4 is 28.0 Å². The molecule has 0 bridgehead atoms.